The van der Waals surface area contributed by atoms with Gasteiger partial charge in [0.25, 0.3) is 0 Å². The summed E-state index contributed by atoms with van der Waals surface area (Å²) < 4.78 is 0. The van der Waals surface area contributed by atoms with E-state index in [4.69, 9.17) is 0 Å². The molecule has 0 spiro atoms. The Morgan fingerprint density at radius 3 is 2.71 bits per heavy atom. The average Bonchev–Trinajstić information content (AvgIpc) is 3.19. The quantitative estimate of drug-likeness (QED) is 0.769. The van der Waals surface area contributed by atoms with Gasteiger partial charge in [-0.15, -0.1) is 0 Å². The molecular weight excluding hydrogens is 296 g/mol. The van der Waals surface area contributed by atoms with Crippen molar-refractivity contribution in [3.8, 4) is 0 Å². The second-order valence-electron chi connectivity index (χ2n) is 6.58. The summed E-state index contributed by atoms with van der Waals surface area (Å²) in [6.07, 6.45) is 2.24. The molecule has 4 heteroatoms. The third-order valence-corrected chi connectivity index (χ3v) is 4.75. The summed E-state index contributed by atoms with van der Waals surface area (Å²) in [6, 6.07) is 17.5. The van der Waals surface area contributed by atoms with Crippen LogP contribution in [0.25, 0.3) is 0 Å². The zero-order valence-electron chi connectivity index (χ0n) is 14.1. The molecule has 4 nitrogen and oxygen atoms in total. The van der Waals surface area contributed by atoms with Crippen LogP contribution in [0.4, 0.5) is 0 Å². The van der Waals surface area contributed by atoms with Gasteiger partial charge in [-0.25, -0.2) is 4.98 Å². The molecule has 24 heavy (non-hydrogen) atoms. The number of benzene rings is 2. The first kappa shape index (κ1) is 15.1. The summed E-state index contributed by atoms with van der Waals surface area (Å²) in [6.45, 7) is 4.09. The fourth-order valence-corrected chi connectivity index (χ4v) is 3.55. The number of aromatic nitrogens is 3. The molecule has 2 atom stereocenters. The molecule has 0 saturated heterocycles. The molecule has 4 rings (SSSR count). The van der Waals surface area contributed by atoms with Gasteiger partial charge in [-0.2, -0.15) is 5.10 Å². The summed E-state index contributed by atoms with van der Waals surface area (Å²) in [7, 11) is 0. The van der Waals surface area contributed by atoms with E-state index < -0.39 is 0 Å². The number of aromatic amines is 1. The molecule has 1 aliphatic carbocycles. The molecule has 2 aromatic carbocycles. The number of nitrogens with one attached hydrogen (secondary N) is 2. The molecule has 0 bridgehead atoms. The van der Waals surface area contributed by atoms with Crippen molar-refractivity contribution < 1.29 is 0 Å². The maximum atomic E-state index is 4.57. The Hall–Kier alpha value is -2.46. The zero-order chi connectivity index (χ0) is 16.5. The van der Waals surface area contributed by atoms with Gasteiger partial charge < -0.3 is 0 Å². The molecule has 1 heterocycles. The summed E-state index contributed by atoms with van der Waals surface area (Å²) in [4.78, 5) is 4.57. The Labute approximate surface area is 142 Å². The highest BCUT2D eigenvalue weighted by atomic mass is 15.2. The van der Waals surface area contributed by atoms with E-state index in [0.717, 1.165) is 24.5 Å². The van der Waals surface area contributed by atoms with Crippen LogP contribution in [0, 0.1) is 13.8 Å². The first-order chi connectivity index (χ1) is 11.7. The molecule has 122 valence electrons. The van der Waals surface area contributed by atoms with E-state index in [1.54, 1.807) is 0 Å². The molecule has 0 fully saturated rings. The van der Waals surface area contributed by atoms with Crippen LogP contribution in [0.2, 0.25) is 0 Å². The Kier molecular flexibility index (Phi) is 3.90. The standard InChI is InChI=1S/C20H22N4/c1-13-8-9-15-10-11-18(17(15)12-13)22-19(16-6-4-3-5-7-16)20-21-14(2)23-24-20/h3-9,12,18-19,22H,10-11H2,1-2H3,(H,21,23,24)/t18-,19-/m1/s1. The van der Waals surface area contributed by atoms with Gasteiger partial charge in [0, 0.05) is 6.04 Å². The van der Waals surface area contributed by atoms with Crippen molar-refractivity contribution >= 4 is 0 Å². The van der Waals surface area contributed by atoms with E-state index in [1.165, 1.54) is 22.3 Å². The Balaban J connectivity index is 1.68. The van der Waals surface area contributed by atoms with Gasteiger partial charge in [0.2, 0.25) is 0 Å². The zero-order valence-corrected chi connectivity index (χ0v) is 14.1. The number of hydrogen-bond acceptors (Lipinski definition) is 3. The molecule has 0 amide bonds. The number of aryl methyl sites for hydroxylation is 3. The van der Waals surface area contributed by atoms with Gasteiger partial charge in [0.15, 0.2) is 5.82 Å². The van der Waals surface area contributed by atoms with E-state index in [9.17, 15) is 0 Å². The molecule has 0 aliphatic heterocycles. The average molecular weight is 318 g/mol. The van der Waals surface area contributed by atoms with Crippen LogP contribution in [0.3, 0.4) is 0 Å². The van der Waals surface area contributed by atoms with Crippen molar-refractivity contribution in [2.45, 2.75) is 38.8 Å². The Morgan fingerprint density at radius 2 is 1.96 bits per heavy atom. The normalized spacial score (nSPS) is 17.7. The minimum Gasteiger partial charge on any atom is -0.297 e. The molecule has 1 aliphatic rings. The molecule has 3 aromatic rings. The molecule has 0 unspecified atom stereocenters. The highest BCUT2D eigenvalue weighted by molar-refractivity contribution is 5.38. The van der Waals surface area contributed by atoms with Crippen LogP contribution in [0.5, 0.6) is 0 Å². The number of rotatable bonds is 4. The topological polar surface area (TPSA) is 53.6 Å². The van der Waals surface area contributed by atoms with Gasteiger partial charge in [-0.05, 0) is 43.4 Å². The van der Waals surface area contributed by atoms with Crippen LogP contribution in [0.15, 0.2) is 48.5 Å². The molecule has 2 N–H and O–H groups in total. The lowest BCUT2D eigenvalue weighted by molar-refractivity contribution is 0.470. The van der Waals surface area contributed by atoms with Crippen molar-refractivity contribution in [1.29, 1.82) is 0 Å². The third kappa shape index (κ3) is 2.85. The maximum Gasteiger partial charge on any atom is 0.172 e. The van der Waals surface area contributed by atoms with Gasteiger partial charge in [-0.3, -0.25) is 10.4 Å². The molecule has 0 saturated carbocycles. The van der Waals surface area contributed by atoms with Crippen LogP contribution < -0.4 is 5.32 Å². The van der Waals surface area contributed by atoms with Crippen molar-refractivity contribution in [3.05, 3.63) is 82.4 Å². The summed E-state index contributed by atoms with van der Waals surface area (Å²) in [5.74, 6) is 1.65. The highest BCUT2D eigenvalue weighted by Crippen LogP contribution is 2.34. The number of H-pyrrole nitrogens is 1. The minimum absolute atomic E-state index is 0.00684. The second-order valence-corrected chi connectivity index (χ2v) is 6.58. The smallest absolute Gasteiger partial charge is 0.172 e. The second kappa shape index (κ2) is 6.21. The lowest BCUT2D eigenvalue weighted by atomic mass is 10.0. The fraction of sp³-hybridized carbons (Fsp3) is 0.300. The number of nitrogens with zero attached hydrogens (tertiary/aromatic N) is 2. The molecule has 1 aromatic heterocycles. The van der Waals surface area contributed by atoms with E-state index in [2.05, 4.69) is 69.9 Å². The fourth-order valence-electron chi connectivity index (χ4n) is 3.55. The van der Waals surface area contributed by atoms with Crippen molar-refractivity contribution in [2.75, 3.05) is 0 Å². The van der Waals surface area contributed by atoms with E-state index in [0.29, 0.717) is 6.04 Å². The maximum absolute atomic E-state index is 4.57. The Bertz CT molecular complexity index is 838. The Morgan fingerprint density at radius 1 is 1.12 bits per heavy atom. The van der Waals surface area contributed by atoms with Gasteiger partial charge in [0.05, 0.1) is 6.04 Å². The molecular formula is C20H22N4. The van der Waals surface area contributed by atoms with E-state index >= 15 is 0 Å². The van der Waals surface area contributed by atoms with E-state index in [1.807, 2.05) is 13.0 Å². The predicted octanol–water partition coefficient (Wildman–Crippen LogP) is 3.79. The summed E-state index contributed by atoms with van der Waals surface area (Å²) in [5.41, 5.74) is 5.38. The first-order valence-electron chi connectivity index (χ1n) is 8.50. The van der Waals surface area contributed by atoms with Crippen LogP contribution in [-0.4, -0.2) is 15.2 Å². The van der Waals surface area contributed by atoms with Crippen molar-refractivity contribution in [1.82, 2.24) is 20.5 Å². The summed E-state index contributed by atoms with van der Waals surface area (Å²) >= 11 is 0. The largest absolute Gasteiger partial charge is 0.297 e. The van der Waals surface area contributed by atoms with Gasteiger partial charge in [0.1, 0.15) is 5.82 Å². The molecule has 0 radical (unpaired) electrons. The third-order valence-electron chi connectivity index (χ3n) is 4.75. The monoisotopic (exact) mass is 318 g/mol. The lowest BCUT2D eigenvalue weighted by Gasteiger charge is -2.22. The highest BCUT2D eigenvalue weighted by Gasteiger charge is 2.27. The van der Waals surface area contributed by atoms with Crippen molar-refractivity contribution in [3.63, 3.8) is 0 Å². The van der Waals surface area contributed by atoms with Crippen molar-refractivity contribution in [2.24, 2.45) is 0 Å². The lowest BCUT2D eigenvalue weighted by Crippen LogP contribution is -2.27. The van der Waals surface area contributed by atoms with Gasteiger partial charge >= 0.3 is 0 Å². The first-order valence-corrected chi connectivity index (χ1v) is 8.50. The van der Waals surface area contributed by atoms with E-state index in [-0.39, 0.29) is 6.04 Å². The predicted molar refractivity (Wildman–Crippen MR) is 94.8 cm³/mol. The van der Waals surface area contributed by atoms with Crippen LogP contribution in [0.1, 0.15) is 52.4 Å². The van der Waals surface area contributed by atoms with Gasteiger partial charge in [-0.1, -0.05) is 54.1 Å². The number of fused-ring (bicyclic) bond motifs is 1. The van der Waals surface area contributed by atoms with Crippen LogP contribution >= 0.6 is 0 Å². The minimum atomic E-state index is -0.00684. The van der Waals surface area contributed by atoms with Crippen LogP contribution in [-0.2, 0) is 6.42 Å². The number of hydrogen-bond donors (Lipinski definition) is 2. The SMILES string of the molecule is Cc1ccc2c(c1)[C@H](N[C@H](c1ccccc1)c1n[nH]c(C)n1)CC2. The summed E-state index contributed by atoms with van der Waals surface area (Å²) in [5, 5.41) is 11.2.